The van der Waals surface area contributed by atoms with Crippen molar-refractivity contribution >= 4 is 124 Å². The van der Waals surface area contributed by atoms with E-state index in [1.807, 2.05) is 44.0 Å². The van der Waals surface area contributed by atoms with Crippen LogP contribution in [0.2, 0.25) is 0 Å². The van der Waals surface area contributed by atoms with Crippen LogP contribution in [0.1, 0.15) is 0 Å². The molecular weight excluding hydrogens is 445 g/mol. The van der Waals surface area contributed by atoms with Crippen molar-refractivity contribution in [3.63, 3.8) is 0 Å². The molecule has 0 aromatic heterocycles. The molecule has 4 aliphatic heterocycles. The Morgan fingerprint density at radius 2 is 1.14 bits per heavy atom. The summed E-state index contributed by atoms with van der Waals surface area (Å²) >= 11 is 31.5. The molecule has 2 bridgehead atoms. The molecule has 0 aliphatic carbocycles. The van der Waals surface area contributed by atoms with Gasteiger partial charge in [-0.05, 0) is 62.3 Å². The van der Waals surface area contributed by atoms with Gasteiger partial charge in [-0.1, -0.05) is 47.2 Å². The first-order valence-corrected chi connectivity index (χ1v) is 27.8. The van der Waals surface area contributed by atoms with Crippen LogP contribution in [0.3, 0.4) is 0 Å². The fourth-order valence-electron chi connectivity index (χ4n) is 1.40. The van der Waals surface area contributed by atoms with Crippen molar-refractivity contribution in [3.05, 3.63) is 0 Å². The van der Waals surface area contributed by atoms with Crippen LogP contribution in [0.5, 0.6) is 0 Å². The Kier molecular flexibility index (Phi) is 2.78. The summed E-state index contributed by atoms with van der Waals surface area (Å²) in [5, 5.41) is 0. The molecule has 5 atom stereocenters. The van der Waals surface area contributed by atoms with E-state index in [4.69, 9.17) is 47.2 Å². The molecule has 4 heterocycles. The fraction of sp³-hybridized carbons (Fsp3) is 0. The quantitative estimate of drug-likeness (QED) is 0.276. The van der Waals surface area contributed by atoms with Gasteiger partial charge in [-0.2, -0.15) is 0 Å². The smallest absolute Gasteiger partial charge is 0.0616 e. The Morgan fingerprint density at radius 3 is 1.43 bits per heavy atom. The van der Waals surface area contributed by atoms with E-state index in [1.54, 1.807) is 0 Å². The standard InChI is InChI=1S/P4S10/c5-1-9-2(6)11-4(8)12-3(7,10-1)14(2,4)13-1/t1?,2-,3+,4?. The van der Waals surface area contributed by atoms with Gasteiger partial charge in [0.25, 0.3) is 0 Å². The molecule has 0 aromatic rings. The second kappa shape index (κ2) is 3.13. The van der Waals surface area contributed by atoms with Crippen molar-refractivity contribution in [2.75, 3.05) is 0 Å². The van der Waals surface area contributed by atoms with Crippen molar-refractivity contribution < 1.29 is 0 Å². The summed E-state index contributed by atoms with van der Waals surface area (Å²) in [5.41, 5.74) is 0. The van der Waals surface area contributed by atoms with Crippen molar-refractivity contribution in [1.82, 2.24) is 0 Å². The summed E-state index contributed by atoms with van der Waals surface area (Å²) in [6, 6.07) is 0. The van der Waals surface area contributed by atoms with Gasteiger partial charge in [-0.15, -0.1) is 0 Å². The van der Waals surface area contributed by atoms with Crippen LogP contribution in [0.25, 0.3) is 0 Å². The summed E-state index contributed by atoms with van der Waals surface area (Å²) in [4.78, 5) is 0. The second-order valence-corrected chi connectivity index (χ2v) is 71.8. The maximum absolute atomic E-state index is 5.89. The molecule has 14 heteroatoms. The van der Waals surface area contributed by atoms with E-state index >= 15 is 0 Å². The summed E-state index contributed by atoms with van der Waals surface area (Å²) in [6.07, 6.45) is 0. The van der Waals surface area contributed by atoms with E-state index in [0.29, 0.717) is 0 Å². The van der Waals surface area contributed by atoms with Crippen LogP contribution < -0.4 is 0 Å². The van der Waals surface area contributed by atoms with Crippen LogP contribution in [-0.4, -0.2) is 0 Å². The van der Waals surface area contributed by atoms with Gasteiger partial charge in [0.05, 0.1) is 0 Å². The molecule has 80 valence electrons. The Labute approximate surface area is 122 Å². The zero-order valence-electron chi connectivity index (χ0n) is 5.87. The Bertz CT molecular complexity index is 525. The van der Waals surface area contributed by atoms with E-state index in [0.717, 1.165) is 0 Å². The first-order chi connectivity index (χ1) is 6.29. The van der Waals surface area contributed by atoms with Gasteiger partial charge in [0, 0.05) is 0 Å². The van der Waals surface area contributed by atoms with Gasteiger partial charge >= 0.3 is 0 Å². The van der Waals surface area contributed by atoms with E-state index < -0.39 is 22.5 Å². The highest BCUT2D eigenvalue weighted by Gasteiger charge is 2.88. The molecule has 0 saturated carbocycles. The Hall–Kier alpha value is 4.70. The van der Waals surface area contributed by atoms with E-state index in [2.05, 4.69) is 10.4 Å². The van der Waals surface area contributed by atoms with Gasteiger partial charge in [-0.3, -0.25) is 0 Å². The topological polar surface area (TPSA) is 0 Å². The highest BCUT2D eigenvalue weighted by atomic mass is 34.5. The molecule has 0 radical (unpaired) electrons. The largest absolute Gasteiger partial charge is 0.131 e. The highest BCUT2D eigenvalue weighted by molar-refractivity contribution is 10.1. The maximum Gasteiger partial charge on any atom is 0.131 e. The molecule has 3 unspecified atom stereocenters. The first-order valence-electron chi connectivity index (χ1n) is 3.09. The summed E-state index contributed by atoms with van der Waals surface area (Å²) in [7, 11) is 1.40. The van der Waals surface area contributed by atoms with Crippen molar-refractivity contribution in [1.29, 1.82) is 0 Å². The van der Waals surface area contributed by atoms with Gasteiger partial charge < -0.3 is 0 Å². The van der Waals surface area contributed by atoms with Gasteiger partial charge in [0.15, 0.2) is 0 Å². The summed E-state index contributed by atoms with van der Waals surface area (Å²) < 4.78 is -4.92. The number of hydrogen-bond donors (Lipinski definition) is 0. The lowest BCUT2D eigenvalue weighted by Gasteiger charge is -2.68. The minimum absolute atomic E-state index is 0.713. The highest BCUT2D eigenvalue weighted by Crippen LogP contribution is 3.58. The van der Waals surface area contributed by atoms with Crippen LogP contribution in [0.4, 0.5) is 0 Å². The van der Waals surface area contributed by atoms with Crippen molar-refractivity contribution in [2.24, 2.45) is 0 Å². The SMILES string of the molecule is S=P12S[P@@]3(=S)SP4(=S)S[P@@](=S)(S1)S43S2. The average Bonchev–Trinajstić information content (AvgIpc) is 2.27. The molecule has 1 spiro atoms. The van der Waals surface area contributed by atoms with Crippen LogP contribution in [0, 0.1) is 0 Å². The van der Waals surface area contributed by atoms with Gasteiger partial charge in [-0.25, -0.2) is 0 Å². The molecule has 0 amide bonds. The molecule has 0 aromatic carbocycles. The van der Waals surface area contributed by atoms with E-state index in [1.165, 1.54) is 0 Å². The lowest BCUT2D eigenvalue weighted by molar-refractivity contribution is 4.53. The predicted octanol–water partition coefficient (Wildman–Crippen LogP) is 7.32. The molecule has 4 rings (SSSR count). The van der Waals surface area contributed by atoms with Gasteiger partial charge in [0.2, 0.25) is 0 Å². The van der Waals surface area contributed by atoms with Crippen LogP contribution >= 0.6 is 76.9 Å². The third-order valence-corrected chi connectivity index (χ3v) is 151. The van der Waals surface area contributed by atoms with E-state index in [-0.39, 0.29) is 0 Å². The lowest BCUT2D eigenvalue weighted by Crippen LogP contribution is -2.00. The zero-order chi connectivity index (χ0) is 10.0. The predicted molar refractivity (Wildman–Crippen MR) is 103 cm³/mol. The van der Waals surface area contributed by atoms with Crippen molar-refractivity contribution in [3.8, 4) is 0 Å². The normalized spacial score (nSPS) is 82.3. The number of fused-ring (bicyclic) bond motifs is 1. The first kappa shape index (κ1) is 12.4. The zero-order valence-corrected chi connectivity index (χ0v) is 17.6. The monoisotopic (exact) mass is 444 g/mol. The molecule has 4 saturated heterocycles. The Morgan fingerprint density at radius 1 is 0.714 bits per heavy atom. The summed E-state index contributed by atoms with van der Waals surface area (Å²) in [6.45, 7) is 0. The third-order valence-electron chi connectivity index (χ3n) is 1.87. The lowest BCUT2D eigenvalue weighted by atomic mass is 28.8. The molecule has 4 fully saturated rings. The molecule has 0 nitrogen and oxygen atoms in total. The Balaban J connectivity index is 2.15. The van der Waals surface area contributed by atoms with E-state index in [9.17, 15) is 0 Å². The number of hydrogen-bond acceptors (Lipinski definition) is 9. The fourth-order valence-corrected chi connectivity index (χ4v) is 330. The molecule has 0 N–H and O–H groups in total. The third kappa shape index (κ3) is 1.08. The molecular formula is P4S10. The minimum Gasteiger partial charge on any atom is -0.0616 e. The van der Waals surface area contributed by atoms with Crippen LogP contribution in [-0.2, 0) is 47.2 Å². The minimum atomic E-state index is -1.29. The number of rotatable bonds is 0. The van der Waals surface area contributed by atoms with Gasteiger partial charge in [0.1, 0.15) is 14.6 Å². The van der Waals surface area contributed by atoms with Crippen LogP contribution in [0.15, 0.2) is 0 Å². The molecule has 4 aliphatic rings. The summed E-state index contributed by atoms with van der Waals surface area (Å²) in [5.74, 6) is 0. The molecule has 14 heavy (non-hydrogen) atoms. The van der Waals surface area contributed by atoms with Crippen molar-refractivity contribution in [2.45, 2.75) is 0 Å². The second-order valence-electron chi connectivity index (χ2n) is 2.66. The maximum atomic E-state index is 5.89. The average molecular weight is 445 g/mol.